The smallest absolute Gasteiger partial charge is 0.191 e. The van der Waals surface area contributed by atoms with E-state index in [0.29, 0.717) is 12.6 Å². The van der Waals surface area contributed by atoms with Crippen LogP contribution in [0.1, 0.15) is 6.92 Å². The molecule has 0 radical (unpaired) electrons. The summed E-state index contributed by atoms with van der Waals surface area (Å²) in [5.74, 6) is 0.733. The Morgan fingerprint density at radius 3 is 3.00 bits per heavy atom. The molecule has 1 aliphatic rings. The summed E-state index contributed by atoms with van der Waals surface area (Å²) in [7, 11) is 1.91. The SMILES string of the molecule is CN[C@@H]1CN/C(=C(/C)C=N)OC1. The van der Waals surface area contributed by atoms with Gasteiger partial charge in [-0.05, 0) is 14.0 Å². The van der Waals surface area contributed by atoms with Crippen molar-refractivity contribution in [2.75, 3.05) is 20.2 Å². The lowest BCUT2D eigenvalue weighted by Gasteiger charge is -2.26. The van der Waals surface area contributed by atoms with Gasteiger partial charge in [-0.2, -0.15) is 0 Å². The highest BCUT2D eigenvalue weighted by molar-refractivity contribution is 5.75. The summed E-state index contributed by atoms with van der Waals surface area (Å²) in [4.78, 5) is 0. The molecule has 1 atom stereocenters. The summed E-state index contributed by atoms with van der Waals surface area (Å²) < 4.78 is 5.39. The third kappa shape index (κ3) is 1.98. The second-order valence-electron chi connectivity index (χ2n) is 2.83. The van der Waals surface area contributed by atoms with E-state index in [-0.39, 0.29) is 0 Å². The van der Waals surface area contributed by atoms with E-state index >= 15 is 0 Å². The fourth-order valence-corrected chi connectivity index (χ4v) is 1.01. The van der Waals surface area contributed by atoms with E-state index in [9.17, 15) is 0 Å². The van der Waals surface area contributed by atoms with Crippen molar-refractivity contribution in [3.63, 3.8) is 0 Å². The van der Waals surface area contributed by atoms with Crippen molar-refractivity contribution in [1.82, 2.24) is 10.6 Å². The number of nitrogens with one attached hydrogen (secondary N) is 3. The molecule has 0 aliphatic carbocycles. The summed E-state index contributed by atoms with van der Waals surface area (Å²) in [6, 6.07) is 0.368. The third-order valence-electron chi connectivity index (χ3n) is 1.92. The van der Waals surface area contributed by atoms with Gasteiger partial charge in [-0.1, -0.05) is 0 Å². The predicted octanol–water partition coefficient (Wildman–Crippen LogP) is 0.0753. The summed E-state index contributed by atoms with van der Waals surface area (Å²) in [5.41, 5.74) is 0.838. The normalized spacial score (nSPS) is 27.0. The first kappa shape index (κ1) is 9.06. The standard InChI is InChI=1S/C8H15N3O/c1-6(3-9)8-11-4-7(10-2)5-12-8/h3,7,9-11H,4-5H2,1-2H3/b8-6+,9-3?/t7-/m1/s1. The largest absolute Gasteiger partial charge is 0.477 e. The van der Waals surface area contributed by atoms with Crippen molar-refractivity contribution >= 4 is 6.21 Å². The van der Waals surface area contributed by atoms with Gasteiger partial charge in [0.15, 0.2) is 5.88 Å². The Labute approximate surface area is 72.5 Å². The van der Waals surface area contributed by atoms with Gasteiger partial charge in [0.2, 0.25) is 0 Å². The lowest BCUT2D eigenvalue weighted by atomic mass is 10.2. The molecule has 4 heteroatoms. The molecule has 0 aromatic carbocycles. The van der Waals surface area contributed by atoms with E-state index < -0.39 is 0 Å². The average molecular weight is 169 g/mol. The quantitative estimate of drug-likeness (QED) is 0.513. The van der Waals surface area contributed by atoms with Crippen LogP contribution in [0.4, 0.5) is 0 Å². The molecular formula is C8H15N3O. The van der Waals surface area contributed by atoms with E-state index in [1.54, 1.807) is 0 Å². The second kappa shape index (κ2) is 4.11. The summed E-state index contributed by atoms with van der Waals surface area (Å²) in [6.07, 6.45) is 1.29. The lowest BCUT2D eigenvalue weighted by molar-refractivity contribution is 0.128. The first-order valence-corrected chi connectivity index (χ1v) is 4.03. The third-order valence-corrected chi connectivity index (χ3v) is 1.92. The van der Waals surface area contributed by atoms with E-state index in [0.717, 1.165) is 18.0 Å². The average Bonchev–Trinajstić information content (AvgIpc) is 2.17. The molecule has 1 rings (SSSR count). The van der Waals surface area contributed by atoms with Gasteiger partial charge in [0.05, 0.1) is 6.04 Å². The van der Waals surface area contributed by atoms with Crippen LogP contribution in [0, 0.1) is 5.41 Å². The van der Waals surface area contributed by atoms with Crippen LogP contribution in [0.5, 0.6) is 0 Å². The van der Waals surface area contributed by atoms with Crippen molar-refractivity contribution in [2.24, 2.45) is 0 Å². The first-order chi connectivity index (χ1) is 5.77. The van der Waals surface area contributed by atoms with Crippen LogP contribution in [0.3, 0.4) is 0 Å². The molecule has 3 N–H and O–H groups in total. The fraction of sp³-hybridized carbons (Fsp3) is 0.625. The molecule has 68 valence electrons. The molecule has 1 heterocycles. The van der Waals surface area contributed by atoms with Crippen molar-refractivity contribution in [3.05, 3.63) is 11.5 Å². The predicted molar refractivity (Wildman–Crippen MR) is 48.3 cm³/mol. The minimum atomic E-state index is 0.368. The van der Waals surface area contributed by atoms with Crippen LogP contribution >= 0.6 is 0 Å². The highest BCUT2D eigenvalue weighted by Gasteiger charge is 2.15. The molecule has 1 aliphatic heterocycles. The fourth-order valence-electron chi connectivity index (χ4n) is 1.01. The van der Waals surface area contributed by atoms with Crippen LogP contribution in [0.2, 0.25) is 0 Å². The highest BCUT2D eigenvalue weighted by atomic mass is 16.5. The Hall–Kier alpha value is -1.03. The lowest BCUT2D eigenvalue weighted by Crippen LogP contribution is -2.45. The van der Waals surface area contributed by atoms with Crippen LogP contribution < -0.4 is 10.6 Å². The van der Waals surface area contributed by atoms with E-state index in [2.05, 4.69) is 10.6 Å². The maximum Gasteiger partial charge on any atom is 0.191 e. The Balaban J connectivity index is 2.50. The Morgan fingerprint density at radius 1 is 1.83 bits per heavy atom. The van der Waals surface area contributed by atoms with Crippen molar-refractivity contribution in [3.8, 4) is 0 Å². The monoisotopic (exact) mass is 169 g/mol. The van der Waals surface area contributed by atoms with Gasteiger partial charge < -0.3 is 20.8 Å². The number of hydrogen-bond donors (Lipinski definition) is 3. The summed E-state index contributed by atoms with van der Waals surface area (Å²) >= 11 is 0. The van der Waals surface area contributed by atoms with Gasteiger partial charge in [0, 0.05) is 18.3 Å². The minimum absolute atomic E-state index is 0.368. The molecule has 0 spiro atoms. The Bertz CT molecular complexity index is 190. The minimum Gasteiger partial charge on any atom is -0.477 e. The van der Waals surface area contributed by atoms with Gasteiger partial charge >= 0.3 is 0 Å². The topological polar surface area (TPSA) is 57.1 Å². The van der Waals surface area contributed by atoms with Gasteiger partial charge in [-0.15, -0.1) is 0 Å². The molecule has 12 heavy (non-hydrogen) atoms. The van der Waals surface area contributed by atoms with E-state index in [1.807, 2.05) is 14.0 Å². The number of allylic oxidation sites excluding steroid dienone is 1. The van der Waals surface area contributed by atoms with Crippen molar-refractivity contribution in [1.29, 1.82) is 5.41 Å². The molecule has 4 nitrogen and oxygen atoms in total. The highest BCUT2D eigenvalue weighted by Crippen LogP contribution is 2.05. The van der Waals surface area contributed by atoms with Crippen molar-refractivity contribution < 1.29 is 4.74 Å². The molecule has 0 aromatic heterocycles. The maximum absolute atomic E-state index is 7.02. The van der Waals surface area contributed by atoms with Crippen molar-refractivity contribution in [2.45, 2.75) is 13.0 Å². The zero-order valence-corrected chi connectivity index (χ0v) is 7.48. The number of hydrogen-bond acceptors (Lipinski definition) is 4. The molecule has 0 amide bonds. The number of ether oxygens (including phenoxy) is 1. The van der Waals surface area contributed by atoms with Crippen LogP contribution in [-0.4, -0.2) is 32.5 Å². The van der Waals surface area contributed by atoms with Crippen LogP contribution in [-0.2, 0) is 4.74 Å². The first-order valence-electron chi connectivity index (χ1n) is 4.03. The summed E-state index contributed by atoms with van der Waals surface area (Å²) in [6.45, 7) is 3.38. The molecule has 1 saturated heterocycles. The van der Waals surface area contributed by atoms with Gasteiger partial charge in [-0.25, -0.2) is 0 Å². The van der Waals surface area contributed by atoms with Gasteiger partial charge in [0.1, 0.15) is 6.61 Å². The zero-order chi connectivity index (χ0) is 8.97. The molecule has 0 bridgehead atoms. The summed E-state index contributed by atoms with van der Waals surface area (Å²) in [5, 5.41) is 13.3. The second-order valence-corrected chi connectivity index (χ2v) is 2.83. The van der Waals surface area contributed by atoms with E-state index in [4.69, 9.17) is 10.1 Å². The number of rotatable bonds is 2. The molecule has 1 fully saturated rings. The van der Waals surface area contributed by atoms with Crippen LogP contribution in [0.15, 0.2) is 11.5 Å². The van der Waals surface area contributed by atoms with Crippen LogP contribution in [0.25, 0.3) is 0 Å². The zero-order valence-electron chi connectivity index (χ0n) is 7.48. The van der Waals surface area contributed by atoms with Gasteiger partial charge in [-0.3, -0.25) is 0 Å². The Kier molecular flexibility index (Phi) is 3.10. The number of likely N-dealkylation sites (N-methyl/N-ethyl adjacent to an activating group) is 1. The van der Waals surface area contributed by atoms with Gasteiger partial charge in [0.25, 0.3) is 0 Å². The van der Waals surface area contributed by atoms with E-state index in [1.165, 1.54) is 6.21 Å². The maximum atomic E-state index is 7.02. The molecular weight excluding hydrogens is 154 g/mol. The molecule has 0 aromatic rings. The Morgan fingerprint density at radius 2 is 2.58 bits per heavy atom. The molecule has 0 unspecified atom stereocenters. The molecule has 0 saturated carbocycles.